The van der Waals surface area contributed by atoms with Crippen molar-refractivity contribution in [3.05, 3.63) is 59.9 Å². The molecule has 0 radical (unpaired) electrons. The minimum absolute atomic E-state index is 0.133. The Kier molecular flexibility index (Phi) is 4.16. The first-order valence-electron chi connectivity index (χ1n) is 7.88. The van der Waals surface area contributed by atoms with Gasteiger partial charge in [0.1, 0.15) is 17.3 Å². The zero-order valence-corrected chi connectivity index (χ0v) is 14.1. The van der Waals surface area contributed by atoms with Crippen LogP contribution in [-0.4, -0.2) is 24.0 Å². The van der Waals surface area contributed by atoms with Crippen LogP contribution in [0.2, 0.25) is 0 Å². The number of nitrogens with zero attached hydrogens (tertiary/aromatic N) is 1. The Morgan fingerprint density at radius 1 is 1.25 bits per heavy atom. The number of hydrogen-bond acceptors (Lipinski definition) is 3. The van der Waals surface area contributed by atoms with Crippen LogP contribution in [0.25, 0.3) is 6.08 Å². The molecule has 1 amide bonds. The number of H-pyrrole nitrogens is 1. The quantitative estimate of drug-likeness (QED) is 0.899. The van der Waals surface area contributed by atoms with Gasteiger partial charge in [-0.05, 0) is 56.3 Å². The summed E-state index contributed by atoms with van der Waals surface area (Å²) >= 11 is 0. The standard InChI is InChI=1S/C19H21N3O2/c1-12(2)24-16-9-7-15(8-10-16)22-13(3)5-6-14-11-17(19(23)20-4)21-18(14)22/h5-12,21H,3H2,1-2,4H3,(H,20,23). The number of rotatable bonds is 4. The molecule has 0 saturated carbocycles. The van der Waals surface area contributed by atoms with Gasteiger partial charge in [-0.25, -0.2) is 0 Å². The van der Waals surface area contributed by atoms with Crippen molar-refractivity contribution < 1.29 is 9.53 Å². The van der Waals surface area contributed by atoms with Gasteiger partial charge in [-0.3, -0.25) is 9.69 Å². The molecule has 5 heteroatoms. The maximum Gasteiger partial charge on any atom is 0.267 e. The van der Waals surface area contributed by atoms with E-state index < -0.39 is 0 Å². The van der Waals surface area contributed by atoms with E-state index in [9.17, 15) is 4.79 Å². The molecule has 1 aromatic heterocycles. The normalized spacial score (nSPS) is 13.2. The average molecular weight is 323 g/mol. The van der Waals surface area contributed by atoms with E-state index in [4.69, 9.17) is 4.74 Å². The summed E-state index contributed by atoms with van der Waals surface area (Å²) in [5.41, 5.74) is 3.24. The third kappa shape index (κ3) is 2.93. The predicted molar refractivity (Wildman–Crippen MR) is 96.7 cm³/mol. The zero-order valence-electron chi connectivity index (χ0n) is 14.1. The Morgan fingerprint density at radius 3 is 2.58 bits per heavy atom. The van der Waals surface area contributed by atoms with Gasteiger partial charge in [0.05, 0.1) is 6.10 Å². The highest BCUT2D eigenvalue weighted by atomic mass is 16.5. The number of benzene rings is 1. The second kappa shape index (κ2) is 6.28. The molecule has 0 unspecified atom stereocenters. The van der Waals surface area contributed by atoms with Crippen molar-refractivity contribution in [3.8, 4) is 5.75 Å². The molecular formula is C19H21N3O2. The van der Waals surface area contributed by atoms with Crippen LogP contribution in [0.3, 0.4) is 0 Å². The van der Waals surface area contributed by atoms with Crippen molar-refractivity contribution in [1.29, 1.82) is 0 Å². The summed E-state index contributed by atoms with van der Waals surface area (Å²) < 4.78 is 5.69. The molecule has 1 aliphatic rings. The maximum atomic E-state index is 11.9. The van der Waals surface area contributed by atoms with Gasteiger partial charge >= 0.3 is 0 Å². The fraction of sp³-hybridized carbons (Fsp3) is 0.211. The first kappa shape index (κ1) is 15.9. The van der Waals surface area contributed by atoms with E-state index in [1.165, 1.54) is 0 Å². The number of fused-ring (bicyclic) bond motifs is 1. The molecule has 5 nitrogen and oxygen atoms in total. The van der Waals surface area contributed by atoms with E-state index in [-0.39, 0.29) is 12.0 Å². The van der Waals surface area contributed by atoms with Crippen molar-refractivity contribution >= 4 is 23.5 Å². The number of allylic oxidation sites excluding steroid dienone is 1. The summed E-state index contributed by atoms with van der Waals surface area (Å²) in [7, 11) is 1.61. The highest BCUT2D eigenvalue weighted by Crippen LogP contribution is 2.37. The molecule has 3 rings (SSSR count). The molecule has 0 spiro atoms. The Hall–Kier alpha value is -2.95. The van der Waals surface area contributed by atoms with Crippen LogP contribution in [0, 0.1) is 0 Å². The topological polar surface area (TPSA) is 57.4 Å². The highest BCUT2D eigenvalue weighted by Gasteiger charge is 2.22. The van der Waals surface area contributed by atoms with Crippen LogP contribution in [0.4, 0.5) is 11.5 Å². The van der Waals surface area contributed by atoms with E-state index in [1.54, 1.807) is 7.05 Å². The fourth-order valence-electron chi connectivity index (χ4n) is 2.67. The smallest absolute Gasteiger partial charge is 0.267 e. The molecule has 0 atom stereocenters. The first-order chi connectivity index (χ1) is 11.5. The molecule has 0 aliphatic carbocycles. The van der Waals surface area contributed by atoms with Gasteiger partial charge < -0.3 is 15.0 Å². The Bertz CT molecular complexity index is 801. The van der Waals surface area contributed by atoms with E-state index in [1.807, 2.05) is 61.2 Å². The third-order valence-electron chi connectivity index (χ3n) is 3.73. The van der Waals surface area contributed by atoms with Crippen LogP contribution in [0.15, 0.2) is 48.7 Å². The first-order valence-corrected chi connectivity index (χ1v) is 7.88. The Balaban J connectivity index is 1.96. The summed E-state index contributed by atoms with van der Waals surface area (Å²) in [6.45, 7) is 8.10. The monoisotopic (exact) mass is 323 g/mol. The minimum atomic E-state index is -0.149. The lowest BCUT2D eigenvalue weighted by atomic mass is 10.1. The second-order valence-corrected chi connectivity index (χ2v) is 5.89. The molecule has 124 valence electrons. The molecule has 2 aromatic rings. The fourth-order valence-corrected chi connectivity index (χ4v) is 2.67. The molecule has 1 aliphatic heterocycles. The van der Waals surface area contributed by atoms with E-state index >= 15 is 0 Å². The third-order valence-corrected chi connectivity index (χ3v) is 3.73. The van der Waals surface area contributed by atoms with Crippen LogP contribution in [0.5, 0.6) is 5.75 Å². The average Bonchev–Trinajstić information content (AvgIpc) is 2.98. The van der Waals surface area contributed by atoms with Crippen LogP contribution in [-0.2, 0) is 0 Å². The molecule has 2 heterocycles. The number of carbonyl (C=O) groups is 1. The van der Waals surface area contributed by atoms with E-state index in [2.05, 4.69) is 16.9 Å². The number of amides is 1. The Labute approximate surface area is 141 Å². The summed E-state index contributed by atoms with van der Waals surface area (Å²) in [6.07, 6.45) is 4.02. The number of ether oxygens (including phenoxy) is 1. The van der Waals surface area contributed by atoms with Gasteiger partial charge in [0.25, 0.3) is 5.91 Å². The summed E-state index contributed by atoms with van der Waals surface area (Å²) in [5, 5.41) is 2.63. The van der Waals surface area contributed by atoms with Crippen molar-refractivity contribution in [2.75, 3.05) is 11.9 Å². The van der Waals surface area contributed by atoms with Crippen molar-refractivity contribution in [3.63, 3.8) is 0 Å². The number of aromatic nitrogens is 1. The summed E-state index contributed by atoms with van der Waals surface area (Å²) in [4.78, 5) is 17.0. The number of aromatic amines is 1. The van der Waals surface area contributed by atoms with Crippen LogP contribution in [0.1, 0.15) is 29.9 Å². The molecule has 24 heavy (non-hydrogen) atoms. The van der Waals surface area contributed by atoms with Gasteiger partial charge in [0, 0.05) is 24.0 Å². The molecule has 0 bridgehead atoms. The van der Waals surface area contributed by atoms with Gasteiger partial charge in [-0.15, -0.1) is 0 Å². The minimum Gasteiger partial charge on any atom is -0.491 e. The molecular weight excluding hydrogens is 302 g/mol. The molecule has 0 saturated heterocycles. The summed E-state index contributed by atoms with van der Waals surface area (Å²) in [5.74, 6) is 1.51. The van der Waals surface area contributed by atoms with Gasteiger partial charge in [-0.2, -0.15) is 0 Å². The number of hydrogen-bond donors (Lipinski definition) is 2. The Morgan fingerprint density at radius 2 is 1.96 bits per heavy atom. The molecule has 2 N–H and O–H groups in total. The number of anilines is 2. The lowest BCUT2D eigenvalue weighted by molar-refractivity contribution is 0.0959. The van der Waals surface area contributed by atoms with Crippen LogP contribution >= 0.6 is 0 Å². The molecule has 1 aromatic carbocycles. The second-order valence-electron chi connectivity index (χ2n) is 5.89. The summed E-state index contributed by atoms with van der Waals surface area (Å²) in [6, 6.07) is 9.66. The van der Waals surface area contributed by atoms with Crippen molar-refractivity contribution in [2.24, 2.45) is 0 Å². The highest BCUT2D eigenvalue weighted by molar-refractivity contribution is 5.95. The predicted octanol–water partition coefficient (Wildman–Crippen LogP) is 3.84. The van der Waals surface area contributed by atoms with Crippen LogP contribution < -0.4 is 15.0 Å². The van der Waals surface area contributed by atoms with Gasteiger partial charge in [-0.1, -0.05) is 6.58 Å². The lowest BCUT2D eigenvalue weighted by Gasteiger charge is -2.27. The number of nitrogens with one attached hydrogen (secondary N) is 2. The van der Waals surface area contributed by atoms with Crippen molar-refractivity contribution in [2.45, 2.75) is 20.0 Å². The van der Waals surface area contributed by atoms with E-state index in [0.29, 0.717) is 5.69 Å². The maximum absolute atomic E-state index is 11.9. The van der Waals surface area contributed by atoms with Crippen molar-refractivity contribution in [1.82, 2.24) is 10.3 Å². The number of carbonyl (C=O) groups excluding carboxylic acids is 1. The van der Waals surface area contributed by atoms with Gasteiger partial charge in [0.15, 0.2) is 0 Å². The lowest BCUT2D eigenvalue weighted by Crippen LogP contribution is -2.20. The largest absolute Gasteiger partial charge is 0.491 e. The SMILES string of the molecule is C=C1C=Cc2cc(C(=O)NC)[nH]c2N1c1ccc(OC(C)C)cc1. The zero-order chi connectivity index (χ0) is 17.3. The van der Waals surface area contributed by atoms with E-state index in [0.717, 1.165) is 28.5 Å². The van der Waals surface area contributed by atoms with Gasteiger partial charge in [0.2, 0.25) is 0 Å². The molecule has 0 fully saturated rings.